The van der Waals surface area contributed by atoms with Gasteiger partial charge in [0.15, 0.2) is 0 Å². The topological polar surface area (TPSA) is 69.3 Å². The lowest BCUT2D eigenvalue weighted by molar-refractivity contribution is -0.225. The average Bonchev–Trinajstić information content (AvgIpc) is 3.26. The van der Waals surface area contributed by atoms with Gasteiger partial charge in [0.25, 0.3) is 0 Å². The minimum atomic E-state index is -0.810. The molecular formula is C26H35N3O3. The zero-order valence-electron chi connectivity index (χ0n) is 19.7. The van der Waals surface area contributed by atoms with Crippen molar-refractivity contribution in [3.8, 4) is 16.9 Å². The van der Waals surface area contributed by atoms with E-state index in [0.717, 1.165) is 67.8 Å². The molecule has 2 unspecified atom stereocenters. The minimum Gasteiger partial charge on any atom is -0.497 e. The smallest absolute Gasteiger partial charge is 0.220 e. The average molecular weight is 438 g/mol. The lowest BCUT2D eigenvalue weighted by Gasteiger charge is -2.40. The third-order valence-electron chi connectivity index (χ3n) is 6.96. The summed E-state index contributed by atoms with van der Waals surface area (Å²) in [5.74, 6) is 1.26. The Morgan fingerprint density at radius 2 is 1.94 bits per heavy atom. The number of ether oxygens (including phenoxy) is 2. The molecule has 0 aromatic heterocycles. The number of hydroxylamine groups is 2. The molecule has 1 heterocycles. The lowest BCUT2D eigenvalue weighted by Crippen LogP contribution is -2.43. The van der Waals surface area contributed by atoms with Gasteiger partial charge in [-0.05, 0) is 67.0 Å². The van der Waals surface area contributed by atoms with E-state index >= 15 is 0 Å². The number of benzene rings is 2. The largest absolute Gasteiger partial charge is 0.497 e. The molecular weight excluding hydrogens is 402 g/mol. The second-order valence-corrected chi connectivity index (χ2v) is 8.83. The van der Waals surface area contributed by atoms with Crippen molar-refractivity contribution in [2.75, 3.05) is 27.4 Å². The fourth-order valence-electron chi connectivity index (χ4n) is 5.18. The Bertz CT molecular complexity index is 992. The summed E-state index contributed by atoms with van der Waals surface area (Å²) < 4.78 is 11.2. The highest BCUT2D eigenvalue weighted by atomic mass is 16.7. The van der Waals surface area contributed by atoms with Gasteiger partial charge in [0.1, 0.15) is 5.75 Å². The first kappa shape index (κ1) is 22.6. The van der Waals surface area contributed by atoms with Crippen molar-refractivity contribution in [1.29, 1.82) is 0 Å². The summed E-state index contributed by atoms with van der Waals surface area (Å²) in [6, 6.07) is 14.8. The fraction of sp³-hybridized carbons (Fsp3) is 0.500. The van der Waals surface area contributed by atoms with E-state index in [4.69, 9.17) is 25.0 Å². The van der Waals surface area contributed by atoms with Crippen molar-refractivity contribution in [2.24, 2.45) is 16.1 Å². The molecule has 0 bridgehead atoms. The van der Waals surface area contributed by atoms with Crippen molar-refractivity contribution in [2.45, 2.75) is 51.7 Å². The van der Waals surface area contributed by atoms with E-state index < -0.39 is 5.72 Å². The molecule has 0 saturated heterocycles. The number of aliphatic imine (C=N–C) groups is 1. The van der Waals surface area contributed by atoms with Crippen LogP contribution in [0.2, 0.25) is 0 Å². The van der Waals surface area contributed by atoms with Crippen LogP contribution < -0.4 is 10.5 Å². The highest BCUT2D eigenvalue weighted by Crippen LogP contribution is 2.60. The van der Waals surface area contributed by atoms with Gasteiger partial charge in [-0.2, -0.15) is 0 Å². The van der Waals surface area contributed by atoms with Gasteiger partial charge in [-0.15, -0.1) is 0 Å². The van der Waals surface area contributed by atoms with Crippen LogP contribution in [0, 0.1) is 5.41 Å². The predicted molar refractivity (Wildman–Crippen MR) is 127 cm³/mol. The number of fused-ring (bicyclic) bond motifs is 2. The molecule has 32 heavy (non-hydrogen) atoms. The van der Waals surface area contributed by atoms with E-state index in [-0.39, 0.29) is 5.41 Å². The van der Waals surface area contributed by atoms with Gasteiger partial charge >= 0.3 is 0 Å². The quantitative estimate of drug-likeness (QED) is 0.567. The molecule has 1 aliphatic heterocycles. The maximum absolute atomic E-state index is 6.51. The first-order valence-corrected chi connectivity index (χ1v) is 11.6. The molecule has 0 amide bonds. The molecule has 0 radical (unpaired) electrons. The molecule has 2 atom stereocenters. The molecule has 6 nitrogen and oxygen atoms in total. The van der Waals surface area contributed by atoms with Crippen LogP contribution in [0.3, 0.4) is 0 Å². The highest BCUT2D eigenvalue weighted by Gasteiger charge is 2.61. The Balaban J connectivity index is 1.74. The van der Waals surface area contributed by atoms with Crippen LogP contribution >= 0.6 is 0 Å². The maximum Gasteiger partial charge on any atom is 0.220 e. The number of hydrogen-bond donors (Lipinski definition) is 1. The van der Waals surface area contributed by atoms with Gasteiger partial charge < -0.3 is 15.2 Å². The maximum atomic E-state index is 6.51. The molecule has 2 aromatic rings. The van der Waals surface area contributed by atoms with Crippen molar-refractivity contribution in [1.82, 2.24) is 5.06 Å². The van der Waals surface area contributed by atoms with Crippen LogP contribution in [-0.4, -0.2) is 38.4 Å². The van der Waals surface area contributed by atoms with Crippen molar-refractivity contribution in [3.63, 3.8) is 0 Å². The number of nitrogens with zero attached hydrogens (tertiary/aromatic N) is 2. The van der Waals surface area contributed by atoms with Gasteiger partial charge in [-0.3, -0.25) is 0 Å². The summed E-state index contributed by atoms with van der Waals surface area (Å²) >= 11 is 0. The summed E-state index contributed by atoms with van der Waals surface area (Å²) in [5.41, 5.74) is 9.89. The van der Waals surface area contributed by atoms with Crippen molar-refractivity contribution < 1.29 is 14.3 Å². The SMILES string of the molecule is CCCOCCCC1(CC)Cc2ccc(-c3cccc(OC)c3)cc2C12N=C(N)N(C)O2. The van der Waals surface area contributed by atoms with Gasteiger partial charge in [0, 0.05) is 31.2 Å². The minimum absolute atomic E-state index is 0.173. The Labute approximate surface area is 191 Å². The van der Waals surface area contributed by atoms with Crippen molar-refractivity contribution >= 4 is 5.96 Å². The molecule has 2 N–H and O–H groups in total. The third kappa shape index (κ3) is 3.76. The standard InChI is InChI=1S/C26H35N3O3/c1-5-14-31-15-8-13-25(6-2)18-21-12-11-20(19-9-7-10-22(16-19)30-4)17-23(21)26(25)28-24(27)29(3)32-26/h7,9-12,16-17H,5-6,8,13-15,18H2,1-4H3,(H2,27,28). The van der Waals surface area contributed by atoms with E-state index in [1.165, 1.54) is 5.56 Å². The van der Waals surface area contributed by atoms with Crippen LogP contribution in [0.5, 0.6) is 5.75 Å². The summed E-state index contributed by atoms with van der Waals surface area (Å²) in [4.78, 5) is 11.5. The second kappa shape index (κ2) is 9.12. The molecule has 0 saturated carbocycles. The fourth-order valence-corrected chi connectivity index (χ4v) is 5.18. The normalized spacial score (nSPS) is 24.1. The molecule has 4 rings (SSSR count). The number of rotatable bonds is 9. The summed E-state index contributed by atoms with van der Waals surface area (Å²) in [7, 11) is 3.53. The Kier molecular flexibility index (Phi) is 6.45. The Morgan fingerprint density at radius 3 is 2.62 bits per heavy atom. The first-order chi connectivity index (χ1) is 15.5. The van der Waals surface area contributed by atoms with E-state index in [9.17, 15) is 0 Å². The van der Waals surface area contributed by atoms with Crippen LogP contribution in [0.1, 0.15) is 50.7 Å². The molecule has 2 aliphatic rings. The van der Waals surface area contributed by atoms with Crippen LogP contribution in [-0.2, 0) is 21.7 Å². The first-order valence-electron chi connectivity index (χ1n) is 11.6. The second-order valence-electron chi connectivity index (χ2n) is 8.83. The predicted octanol–water partition coefficient (Wildman–Crippen LogP) is 4.87. The number of nitrogens with two attached hydrogens (primary N) is 1. The van der Waals surface area contributed by atoms with Gasteiger partial charge in [0.2, 0.25) is 11.7 Å². The summed E-state index contributed by atoms with van der Waals surface area (Å²) in [6.07, 6.45) is 4.82. The number of hydrogen-bond acceptors (Lipinski definition) is 6. The van der Waals surface area contributed by atoms with Gasteiger partial charge in [-0.25, -0.2) is 14.9 Å². The highest BCUT2D eigenvalue weighted by molar-refractivity contribution is 5.79. The van der Waals surface area contributed by atoms with Crippen LogP contribution in [0.25, 0.3) is 11.1 Å². The molecule has 1 aliphatic carbocycles. The van der Waals surface area contributed by atoms with Crippen LogP contribution in [0.4, 0.5) is 0 Å². The molecule has 1 spiro atoms. The van der Waals surface area contributed by atoms with Crippen LogP contribution in [0.15, 0.2) is 47.5 Å². The molecule has 2 aromatic carbocycles. The van der Waals surface area contributed by atoms with Gasteiger partial charge in [0.05, 0.1) is 7.11 Å². The van der Waals surface area contributed by atoms with E-state index in [0.29, 0.717) is 5.96 Å². The zero-order chi connectivity index (χ0) is 22.8. The zero-order valence-corrected chi connectivity index (χ0v) is 19.7. The number of guanidine groups is 1. The van der Waals surface area contributed by atoms with E-state index in [1.807, 2.05) is 19.2 Å². The molecule has 172 valence electrons. The summed E-state index contributed by atoms with van der Waals surface area (Å²) in [5, 5.41) is 1.62. The molecule has 6 heteroatoms. The molecule has 0 fully saturated rings. The Hall–Kier alpha value is -2.57. The monoisotopic (exact) mass is 437 g/mol. The third-order valence-corrected chi connectivity index (χ3v) is 6.96. The van der Waals surface area contributed by atoms with E-state index in [2.05, 4.69) is 44.2 Å². The van der Waals surface area contributed by atoms with Gasteiger partial charge in [-0.1, -0.05) is 38.1 Å². The summed E-state index contributed by atoms with van der Waals surface area (Å²) in [6.45, 7) is 5.93. The number of methoxy groups -OCH3 is 1. The van der Waals surface area contributed by atoms with Crippen molar-refractivity contribution in [3.05, 3.63) is 53.6 Å². The lowest BCUT2D eigenvalue weighted by atomic mass is 9.72. The van der Waals surface area contributed by atoms with E-state index in [1.54, 1.807) is 12.2 Å². The Morgan fingerprint density at radius 1 is 1.12 bits per heavy atom.